The first kappa shape index (κ1) is 15.3. The molecule has 1 aliphatic rings. The molecule has 7 nitrogen and oxygen atoms in total. The van der Waals surface area contributed by atoms with Gasteiger partial charge in [0.05, 0.1) is 11.8 Å². The van der Waals surface area contributed by atoms with E-state index in [-0.39, 0.29) is 19.0 Å². The van der Waals surface area contributed by atoms with Gasteiger partial charge in [0.2, 0.25) is 5.91 Å². The number of carbonyl (C=O) groups is 3. The van der Waals surface area contributed by atoms with E-state index in [1.807, 2.05) is 0 Å². The van der Waals surface area contributed by atoms with E-state index in [0.29, 0.717) is 6.42 Å². The van der Waals surface area contributed by atoms with Crippen LogP contribution >= 0.6 is 0 Å². The fourth-order valence-electron chi connectivity index (χ4n) is 1.55. The molecule has 1 rings (SSSR count). The molecule has 0 saturated heterocycles. The Morgan fingerprint density at radius 1 is 1.16 bits per heavy atom. The molecule has 0 aromatic rings. The quantitative estimate of drug-likeness (QED) is 0.626. The zero-order chi connectivity index (χ0) is 14.6. The van der Waals surface area contributed by atoms with Gasteiger partial charge in [0, 0.05) is 13.1 Å². The van der Waals surface area contributed by atoms with E-state index in [1.54, 1.807) is 20.8 Å². The summed E-state index contributed by atoms with van der Waals surface area (Å²) < 4.78 is 5.01. The first-order chi connectivity index (χ1) is 8.70. The molecule has 1 saturated carbocycles. The highest BCUT2D eigenvalue weighted by Crippen LogP contribution is 2.38. The third-order valence-electron chi connectivity index (χ3n) is 2.54. The minimum Gasteiger partial charge on any atom is -0.481 e. The molecule has 3 N–H and O–H groups in total. The maximum atomic E-state index is 11.5. The molecular formula is C12H20N2O5. The molecule has 0 aromatic heterocycles. The SMILES string of the molecule is CC(C)(C)OC(=O)NCCNC(=O)C1CC1C(=O)O. The first-order valence-corrected chi connectivity index (χ1v) is 6.18. The smallest absolute Gasteiger partial charge is 0.407 e. The summed E-state index contributed by atoms with van der Waals surface area (Å²) in [7, 11) is 0. The topological polar surface area (TPSA) is 105 Å². The predicted molar refractivity (Wildman–Crippen MR) is 66.5 cm³/mol. The number of carbonyl (C=O) groups excluding carboxylic acids is 2. The molecule has 0 heterocycles. The Balaban J connectivity index is 2.10. The zero-order valence-corrected chi connectivity index (χ0v) is 11.4. The van der Waals surface area contributed by atoms with Gasteiger partial charge in [-0.2, -0.15) is 0 Å². The average molecular weight is 272 g/mol. The summed E-state index contributed by atoms with van der Waals surface area (Å²) >= 11 is 0. The lowest BCUT2D eigenvalue weighted by Crippen LogP contribution is -2.38. The second-order valence-electron chi connectivity index (χ2n) is 5.51. The molecular weight excluding hydrogens is 252 g/mol. The van der Waals surface area contributed by atoms with Crippen molar-refractivity contribution in [3.8, 4) is 0 Å². The van der Waals surface area contributed by atoms with Crippen LogP contribution in [0.15, 0.2) is 0 Å². The van der Waals surface area contributed by atoms with Crippen molar-refractivity contribution in [1.29, 1.82) is 0 Å². The number of carboxylic acids is 1. The van der Waals surface area contributed by atoms with Gasteiger partial charge in [-0.25, -0.2) is 4.79 Å². The maximum absolute atomic E-state index is 11.5. The number of hydrogen-bond donors (Lipinski definition) is 3. The van der Waals surface area contributed by atoms with Crippen LogP contribution in [-0.2, 0) is 14.3 Å². The third kappa shape index (κ3) is 5.58. The van der Waals surface area contributed by atoms with Gasteiger partial charge in [-0.1, -0.05) is 0 Å². The summed E-state index contributed by atoms with van der Waals surface area (Å²) in [5, 5.41) is 13.7. The number of ether oxygens (including phenoxy) is 1. The summed E-state index contributed by atoms with van der Waals surface area (Å²) in [5.41, 5.74) is -0.559. The van der Waals surface area contributed by atoms with Crippen LogP contribution < -0.4 is 10.6 Å². The predicted octanol–water partition coefficient (Wildman–Crippen LogP) is 0.348. The van der Waals surface area contributed by atoms with Crippen molar-refractivity contribution in [2.45, 2.75) is 32.8 Å². The molecule has 0 aliphatic heterocycles. The van der Waals surface area contributed by atoms with Crippen LogP contribution in [0.2, 0.25) is 0 Å². The lowest BCUT2D eigenvalue weighted by molar-refractivity contribution is -0.140. The molecule has 7 heteroatoms. The zero-order valence-electron chi connectivity index (χ0n) is 11.4. The van der Waals surface area contributed by atoms with Gasteiger partial charge in [0.15, 0.2) is 0 Å². The van der Waals surface area contributed by atoms with Crippen molar-refractivity contribution in [3.05, 3.63) is 0 Å². The standard InChI is InChI=1S/C12H20N2O5/c1-12(2,3)19-11(18)14-5-4-13-9(15)7-6-8(7)10(16)17/h7-8H,4-6H2,1-3H3,(H,13,15)(H,14,18)(H,16,17). The van der Waals surface area contributed by atoms with E-state index in [4.69, 9.17) is 9.84 Å². The number of alkyl carbamates (subject to hydrolysis) is 1. The summed E-state index contributed by atoms with van der Waals surface area (Å²) in [6, 6.07) is 0. The molecule has 1 aliphatic carbocycles. The van der Waals surface area contributed by atoms with Crippen LogP contribution in [0.3, 0.4) is 0 Å². The fraction of sp³-hybridized carbons (Fsp3) is 0.750. The lowest BCUT2D eigenvalue weighted by Gasteiger charge is -2.19. The first-order valence-electron chi connectivity index (χ1n) is 6.18. The fourth-order valence-corrected chi connectivity index (χ4v) is 1.55. The Morgan fingerprint density at radius 3 is 2.21 bits per heavy atom. The Labute approximate surface area is 111 Å². The van der Waals surface area contributed by atoms with Crippen LogP contribution in [0.1, 0.15) is 27.2 Å². The van der Waals surface area contributed by atoms with Gasteiger partial charge in [-0.3, -0.25) is 9.59 Å². The number of carboxylic acid groups (broad SMARTS) is 1. The van der Waals surface area contributed by atoms with Gasteiger partial charge in [0.1, 0.15) is 5.60 Å². The summed E-state index contributed by atoms with van der Waals surface area (Å²) in [6.07, 6.45) is -0.155. The number of amides is 2. The van der Waals surface area contributed by atoms with Crippen molar-refractivity contribution in [2.24, 2.45) is 11.8 Å². The highest BCUT2D eigenvalue weighted by Gasteiger charge is 2.48. The number of nitrogens with one attached hydrogen (secondary N) is 2. The minimum absolute atomic E-state index is 0.241. The van der Waals surface area contributed by atoms with E-state index in [0.717, 1.165) is 0 Å². The van der Waals surface area contributed by atoms with Crippen molar-refractivity contribution in [3.63, 3.8) is 0 Å². The Bertz CT molecular complexity index is 375. The van der Waals surface area contributed by atoms with Crippen LogP contribution in [0.5, 0.6) is 0 Å². The second-order valence-corrected chi connectivity index (χ2v) is 5.51. The molecule has 2 atom stereocenters. The van der Waals surface area contributed by atoms with Crippen molar-refractivity contribution < 1.29 is 24.2 Å². The van der Waals surface area contributed by atoms with E-state index in [2.05, 4.69) is 10.6 Å². The molecule has 2 unspecified atom stereocenters. The number of rotatable bonds is 5. The van der Waals surface area contributed by atoms with E-state index in [9.17, 15) is 14.4 Å². The Hall–Kier alpha value is -1.79. The molecule has 108 valence electrons. The highest BCUT2D eigenvalue weighted by molar-refractivity contribution is 5.89. The van der Waals surface area contributed by atoms with Crippen molar-refractivity contribution >= 4 is 18.0 Å². The summed E-state index contributed by atoms with van der Waals surface area (Å²) in [6.45, 7) is 5.76. The van der Waals surface area contributed by atoms with Gasteiger partial charge in [-0.05, 0) is 27.2 Å². The van der Waals surface area contributed by atoms with Crippen molar-refractivity contribution in [2.75, 3.05) is 13.1 Å². The summed E-state index contributed by atoms with van der Waals surface area (Å²) in [4.78, 5) is 33.3. The Morgan fingerprint density at radius 2 is 1.74 bits per heavy atom. The maximum Gasteiger partial charge on any atom is 0.407 e. The minimum atomic E-state index is -0.938. The normalized spacial score (nSPS) is 21.4. The largest absolute Gasteiger partial charge is 0.481 e. The van der Waals surface area contributed by atoms with Crippen LogP contribution in [0.25, 0.3) is 0 Å². The van der Waals surface area contributed by atoms with Crippen LogP contribution in [0, 0.1) is 11.8 Å². The molecule has 1 fully saturated rings. The molecule has 2 amide bonds. The van der Waals surface area contributed by atoms with Gasteiger partial charge in [0.25, 0.3) is 0 Å². The number of aliphatic carboxylic acids is 1. The van der Waals surface area contributed by atoms with Crippen LogP contribution in [-0.4, -0.2) is 41.8 Å². The average Bonchev–Trinajstić information content (AvgIpc) is 3.01. The Kier molecular flexibility index (Phi) is 4.74. The monoisotopic (exact) mass is 272 g/mol. The van der Waals surface area contributed by atoms with Crippen molar-refractivity contribution in [1.82, 2.24) is 10.6 Å². The molecule has 0 aromatic carbocycles. The number of hydrogen-bond acceptors (Lipinski definition) is 4. The molecule has 0 spiro atoms. The molecule has 19 heavy (non-hydrogen) atoms. The van der Waals surface area contributed by atoms with Gasteiger partial charge in [-0.15, -0.1) is 0 Å². The van der Waals surface area contributed by atoms with E-state index < -0.39 is 29.5 Å². The molecule has 0 bridgehead atoms. The lowest BCUT2D eigenvalue weighted by atomic mass is 10.2. The third-order valence-corrected chi connectivity index (χ3v) is 2.54. The highest BCUT2D eigenvalue weighted by atomic mass is 16.6. The second kappa shape index (κ2) is 5.90. The molecule has 0 radical (unpaired) electrons. The van der Waals surface area contributed by atoms with Crippen LogP contribution in [0.4, 0.5) is 4.79 Å². The summed E-state index contributed by atoms with van der Waals surface area (Å²) in [5.74, 6) is -2.21. The van der Waals surface area contributed by atoms with E-state index in [1.165, 1.54) is 0 Å². The van der Waals surface area contributed by atoms with Gasteiger partial charge >= 0.3 is 12.1 Å². The van der Waals surface area contributed by atoms with Gasteiger partial charge < -0.3 is 20.5 Å². The van der Waals surface area contributed by atoms with E-state index >= 15 is 0 Å².